The molecule has 0 aromatic carbocycles. The molecule has 1 aliphatic heterocycles. The van der Waals surface area contributed by atoms with Gasteiger partial charge in [-0.15, -0.1) is 11.3 Å². The summed E-state index contributed by atoms with van der Waals surface area (Å²) in [6.45, 7) is 4.65. The van der Waals surface area contributed by atoms with E-state index in [2.05, 4.69) is 23.7 Å². The van der Waals surface area contributed by atoms with E-state index in [9.17, 15) is 0 Å². The highest BCUT2D eigenvalue weighted by molar-refractivity contribution is 7.10. The third kappa shape index (κ3) is 1.70. The predicted molar refractivity (Wildman–Crippen MR) is 53.7 cm³/mol. The highest BCUT2D eigenvalue weighted by atomic mass is 32.1. The van der Waals surface area contributed by atoms with Crippen molar-refractivity contribution in [2.45, 2.75) is 19.8 Å². The van der Waals surface area contributed by atoms with Crippen LogP contribution in [0.4, 0.5) is 0 Å². The van der Waals surface area contributed by atoms with Crippen molar-refractivity contribution in [2.75, 3.05) is 13.1 Å². The summed E-state index contributed by atoms with van der Waals surface area (Å²) >= 11 is 1.91. The van der Waals surface area contributed by atoms with E-state index in [1.807, 2.05) is 11.3 Å². The Labute approximate surface area is 77.8 Å². The molecule has 1 unspecified atom stereocenters. The Morgan fingerprint density at radius 2 is 2.58 bits per heavy atom. The summed E-state index contributed by atoms with van der Waals surface area (Å²) in [4.78, 5) is 1.59. The minimum atomic E-state index is 0.891. The summed E-state index contributed by atoms with van der Waals surface area (Å²) in [5.74, 6) is 0.891. The summed E-state index contributed by atoms with van der Waals surface area (Å²) in [5.41, 5.74) is 1.48. The molecule has 0 bridgehead atoms. The maximum atomic E-state index is 3.41. The molecule has 66 valence electrons. The van der Waals surface area contributed by atoms with Crippen molar-refractivity contribution >= 4 is 11.3 Å². The molecular weight excluding hydrogens is 166 g/mol. The molecule has 2 heteroatoms. The lowest BCUT2D eigenvalue weighted by Crippen LogP contribution is -2.10. The largest absolute Gasteiger partial charge is 0.316 e. The molecule has 2 heterocycles. The molecule has 0 amide bonds. The molecular formula is C10H15NS. The maximum Gasteiger partial charge on any atom is 0.00776 e. The predicted octanol–water partition coefficient (Wildman–Crippen LogP) is 2.21. The Bertz CT molecular complexity index is 248. The van der Waals surface area contributed by atoms with E-state index in [0.29, 0.717) is 0 Å². The number of hydrogen-bond acceptors (Lipinski definition) is 2. The van der Waals surface area contributed by atoms with E-state index >= 15 is 0 Å². The lowest BCUT2D eigenvalue weighted by Gasteiger charge is -2.06. The zero-order valence-electron chi connectivity index (χ0n) is 7.47. The summed E-state index contributed by atoms with van der Waals surface area (Å²) in [7, 11) is 0. The Morgan fingerprint density at radius 3 is 3.17 bits per heavy atom. The molecule has 1 atom stereocenters. The molecule has 1 nitrogen and oxygen atoms in total. The molecule has 1 N–H and O–H groups in total. The van der Waals surface area contributed by atoms with Gasteiger partial charge in [0.15, 0.2) is 0 Å². The van der Waals surface area contributed by atoms with Gasteiger partial charge >= 0.3 is 0 Å². The zero-order chi connectivity index (χ0) is 8.39. The number of aryl methyl sites for hydroxylation is 1. The van der Waals surface area contributed by atoms with Crippen molar-refractivity contribution < 1.29 is 0 Å². The molecule has 1 fully saturated rings. The normalized spacial score (nSPS) is 23.2. The minimum Gasteiger partial charge on any atom is -0.316 e. The second kappa shape index (κ2) is 3.58. The smallest absolute Gasteiger partial charge is 0.00776 e. The van der Waals surface area contributed by atoms with Gasteiger partial charge in [-0.1, -0.05) is 0 Å². The van der Waals surface area contributed by atoms with Crippen LogP contribution in [0.25, 0.3) is 0 Å². The first-order valence-electron chi connectivity index (χ1n) is 4.60. The fourth-order valence-corrected chi connectivity index (χ4v) is 2.79. The van der Waals surface area contributed by atoms with Crippen LogP contribution in [-0.4, -0.2) is 13.1 Å². The van der Waals surface area contributed by atoms with Gasteiger partial charge in [0.1, 0.15) is 0 Å². The topological polar surface area (TPSA) is 12.0 Å². The first-order valence-corrected chi connectivity index (χ1v) is 5.48. The fourth-order valence-electron chi connectivity index (χ4n) is 1.76. The van der Waals surface area contributed by atoms with E-state index in [1.54, 1.807) is 4.88 Å². The quantitative estimate of drug-likeness (QED) is 0.737. The van der Waals surface area contributed by atoms with Crippen molar-refractivity contribution in [3.05, 3.63) is 21.9 Å². The van der Waals surface area contributed by atoms with Crippen LogP contribution in [0.2, 0.25) is 0 Å². The van der Waals surface area contributed by atoms with Crippen LogP contribution in [0.1, 0.15) is 16.9 Å². The SMILES string of the molecule is Cc1ccsc1CC1CCNC1. The zero-order valence-corrected chi connectivity index (χ0v) is 8.29. The first-order chi connectivity index (χ1) is 5.86. The average molecular weight is 181 g/mol. The monoisotopic (exact) mass is 181 g/mol. The van der Waals surface area contributed by atoms with Crippen molar-refractivity contribution in [2.24, 2.45) is 5.92 Å². The molecule has 0 aliphatic carbocycles. The average Bonchev–Trinajstić information content (AvgIpc) is 2.65. The van der Waals surface area contributed by atoms with Gasteiger partial charge in [-0.2, -0.15) is 0 Å². The third-order valence-electron chi connectivity index (χ3n) is 2.60. The van der Waals surface area contributed by atoms with Crippen molar-refractivity contribution in [1.82, 2.24) is 5.32 Å². The molecule has 0 radical (unpaired) electrons. The number of nitrogens with one attached hydrogen (secondary N) is 1. The Kier molecular flexibility index (Phi) is 2.47. The molecule has 0 saturated carbocycles. The van der Waals surface area contributed by atoms with E-state index in [0.717, 1.165) is 5.92 Å². The molecule has 0 spiro atoms. The van der Waals surface area contributed by atoms with Gasteiger partial charge < -0.3 is 5.32 Å². The summed E-state index contributed by atoms with van der Waals surface area (Å²) in [6.07, 6.45) is 2.65. The van der Waals surface area contributed by atoms with Crippen molar-refractivity contribution in [3.8, 4) is 0 Å². The van der Waals surface area contributed by atoms with Crippen LogP contribution in [-0.2, 0) is 6.42 Å². The molecule has 1 aromatic heterocycles. The Morgan fingerprint density at radius 1 is 1.67 bits per heavy atom. The summed E-state index contributed by atoms with van der Waals surface area (Å²) < 4.78 is 0. The van der Waals surface area contributed by atoms with Crippen LogP contribution in [0, 0.1) is 12.8 Å². The first kappa shape index (κ1) is 8.27. The molecule has 1 aromatic rings. The van der Waals surface area contributed by atoms with Crippen LogP contribution in [0.3, 0.4) is 0 Å². The second-order valence-corrected chi connectivity index (χ2v) is 4.59. The van der Waals surface area contributed by atoms with Gasteiger partial charge in [-0.25, -0.2) is 0 Å². The van der Waals surface area contributed by atoms with Crippen molar-refractivity contribution in [1.29, 1.82) is 0 Å². The lowest BCUT2D eigenvalue weighted by atomic mass is 10.0. The highest BCUT2D eigenvalue weighted by Crippen LogP contribution is 2.22. The fraction of sp³-hybridized carbons (Fsp3) is 0.600. The number of hydrogen-bond donors (Lipinski definition) is 1. The van der Waals surface area contributed by atoms with Crippen LogP contribution in [0.5, 0.6) is 0 Å². The minimum absolute atomic E-state index is 0.891. The van der Waals surface area contributed by atoms with Crippen LogP contribution < -0.4 is 5.32 Å². The second-order valence-electron chi connectivity index (χ2n) is 3.59. The Hall–Kier alpha value is -0.340. The van der Waals surface area contributed by atoms with Gasteiger partial charge in [0, 0.05) is 4.88 Å². The third-order valence-corrected chi connectivity index (χ3v) is 3.65. The molecule has 1 saturated heterocycles. The standard InChI is InChI=1S/C10H15NS/c1-8-3-5-12-10(8)6-9-2-4-11-7-9/h3,5,9,11H,2,4,6-7H2,1H3. The van der Waals surface area contributed by atoms with Gasteiger partial charge in [0.2, 0.25) is 0 Å². The molecule has 12 heavy (non-hydrogen) atoms. The van der Waals surface area contributed by atoms with E-state index < -0.39 is 0 Å². The van der Waals surface area contributed by atoms with Gasteiger partial charge in [-0.05, 0) is 55.8 Å². The van der Waals surface area contributed by atoms with Crippen molar-refractivity contribution in [3.63, 3.8) is 0 Å². The number of thiophene rings is 1. The summed E-state index contributed by atoms with van der Waals surface area (Å²) in [6, 6.07) is 2.22. The van der Waals surface area contributed by atoms with E-state index in [4.69, 9.17) is 0 Å². The van der Waals surface area contributed by atoms with Gasteiger partial charge in [0.05, 0.1) is 0 Å². The lowest BCUT2D eigenvalue weighted by molar-refractivity contribution is 0.584. The van der Waals surface area contributed by atoms with Crippen LogP contribution >= 0.6 is 11.3 Å². The van der Waals surface area contributed by atoms with Crippen LogP contribution in [0.15, 0.2) is 11.4 Å². The van der Waals surface area contributed by atoms with Gasteiger partial charge in [0.25, 0.3) is 0 Å². The summed E-state index contributed by atoms with van der Waals surface area (Å²) in [5, 5.41) is 5.61. The van der Waals surface area contributed by atoms with Gasteiger partial charge in [-0.3, -0.25) is 0 Å². The van der Waals surface area contributed by atoms with E-state index in [1.165, 1.54) is 31.5 Å². The number of rotatable bonds is 2. The maximum absolute atomic E-state index is 3.41. The molecule has 2 rings (SSSR count). The highest BCUT2D eigenvalue weighted by Gasteiger charge is 2.15. The Balaban J connectivity index is 1.98. The van der Waals surface area contributed by atoms with E-state index in [-0.39, 0.29) is 0 Å². The molecule has 1 aliphatic rings.